The second-order valence-corrected chi connectivity index (χ2v) is 5.51. The molecular weight excluding hydrogens is 216 g/mol. The molecule has 4 heteroatoms. The maximum atomic E-state index is 12.3. The Morgan fingerprint density at radius 3 is 2.59 bits per heavy atom. The van der Waals surface area contributed by atoms with Gasteiger partial charge in [0.05, 0.1) is 0 Å². The van der Waals surface area contributed by atoms with E-state index in [0.717, 1.165) is 38.5 Å². The highest BCUT2D eigenvalue weighted by Crippen LogP contribution is 2.36. The molecule has 1 heterocycles. The van der Waals surface area contributed by atoms with Gasteiger partial charge in [-0.25, -0.2) is 4.79 Å². The van der Waals surface area contributed by atoms with Crippen LogP contribution in [0.1, 0.15) is 52.4 Å². The van der Waals surface area contributed by atoms with Gasteiger partial charge in [0.2, 0.25) is 0 Å². The summed E-state index contributed by atoms with van der Waals surface area (Å²) in [7, 11) is 0. The maximum absolute atomic E-state index is 12.3. The third-order valence-corrected chi connectivity index (χ3v) is 4.11. The van der Waals surface area contributed by atoms with Crippen LogP contribution in [0, 0.1) is 5.92 Å². The van der Waals surface area contributed by atoms with Gasteiger partial charge in [-0.15, -0.1) is 0 Å². The molecule has 2 rings (SSSR count). The zero-order chi connectivity index (χ0) is 12.5. The summed E-state index contributed by atoms with van der Waals surface area (Å²) in [6.07, 6.45) is 5.58. The smallest absolute Gasteiger partial charge is 0.323 e. The first kappa shape index (κ1) is 12.4. The Morgan fingerprint density at radius 1 is 1.35 bits per heavy atom. The molecule has 0 radical (unpaired) electrons. The van der Waals surface area contributed by atoms with E-state index >= 15 is 0 Å². The molecule has 0 atom stereocenters. The summed E-state index contributed by atoms with van der Waals surface area (Å²) in [5, 5.41) is 2.94. The summed E-state index contributed by atoms with van der Waals surface area (Å²) in [6, 6.07) is -0.182. The number of unbranched alkanes of at least 4 members (excludes halogenated alkanes) is 1. The van der Waals surface area contributed by atoms with Gasteiger partial charge in [-0.3, -0.25) is 9.69 Å². The summed E-state index contributed by atoms with van der Waals surface area (Å²) in [5.74, 6) is 0.692. The molecule has 0 aromatic carbocycles. The van der Waals surface area contributed by atoms with Crippen molar-refractivity contribution in [3.63, 3.8) is 0 Å². The van der Waals surface area contributed by atoms with Crippen LogP contribution < -0.4 is 5.32 Å². The molecule has 0 aromatic heterocycles. The number of urea groups is 1. The van der Waals surface area contributed by atoms with Crippen molar-refractivity contribution in [3.05, 3.63) is 0 Å². The minimum Gasteiger partial charge on any atom is -0.323 e. The van der Waals surface area contributed by atoms with E-state index in [0.29, 0.717) is 12.5 Å². The fraction of sp³-hybridized carbons (Fsp3) is 0.846. The van der Waals surface area contributed by atoms with Crippen molar-refractivity contribution >= 4 is 11.9 Å². The Kier molecular flexibility index (Phi) is 3.40. The highest BCUT2D eigenvalue weighted by atomic mass is 16.2. The van der Waals surface area contributed by atoms with E-state index in [1.54, 1.807) is 0 Å². The number of carbonyl (C=O) groups excluding carboxylic acids is 2. The fourth-order valence-corrected chi connectivity index (χ4v) is 2.79. The molecule has 0 bridgehead atoms. The molecule has 1 saturated carbocycles. The summed E-state index contributed by atoms with van der Waals surface area (Å²) in [5.41, 5.74) is -0.558. The van der Waals surface area contributed by atoms with E-state index in [2.05, 4.69) is 19.2 Å². The van der Waals surface area contributed by atoms with Gasteiger partial charge in [0.15, 0.2) is 0 Å². The van der Waals surface area contributed by atoms with Crippen LogP contribution in [0.15, 0.2) is 0 Å². The normalized spacial score (nSPS) is 33.3. The van der Waals surface area contributed by atoms with Gasteiger partial charge >= 0.3 is 6.03 Å². The number of carbonyl (C=O) groups is 2. The third-order valence-electron chi connectivity index (χ3n) is 4.11. The lowest BCUT2D eigenvalue weighted by Crippen LogP contribution is -2.49. The zero-order valence-electron chi connectivity index (χ0n) is 10.8. The number of nitrogens with zero attached hydrogens (tertiary/aromatic N) is 1. The number of rotatable bonds is 3. The third kappa shape index (κ3) is 2.17. The van der Waals surface area contributed by atoms with Crippen LogP contribution in [0.5, 0.6) is 0 Å². The monoisotopic (exact) mass is 238 g/mol. The molecule has 1 saturated heterocycles. The van der Waals surface area contributed by atoms with Crippen molar-refractivity contribution in [2.24, 2.45) is 5.92 Å². The van der Waals surface area contributed by atoms with Crippen molar-refractivity contribution < 1.29 is 9.59 Å². The van der Waals surface area contributed by atoms with E-state index in [1.807, 2.05) is 0 Å². The Morgan fingerprint density at radius 2 is 2.00 bits per heavy atom. The number of amides is 3. The molecule has 96 valence electrons. The van der Waals surface area contributed by atoms with Gasteiger partial charge in [0.1, 0.15) is 5.54 Å². The van der Waals surface area contributed by atoms with Crippen molar-refractivity contribution in [1.82, 2.24) is 10.2 Å². The molecular formula is C13H22N2O2. The van der Waals surface area contributed by atoms with Crippen LogP contribution in [0.2, 0.25) is 0 Å². The van der Waals surface area contributed by atoms with Gasteiger partial charge in [-0.1, -0.05) is 20.3 Å². The Labute approximate surface area is 103 Å². The Bertz CT molecular complexity index is 319. The van der Waals surface area contributed by atoms with E-state index in [4.69, 9.17) is 0 Å². The average Bonchev–Trinajstić information content (AvgIpc) is 2.54. The van der Waals surface area contributed by atoms with Crippen LogP contribution in [-0.2, 0) is 4.79 Å². The molecule has 2 aliphatic rings. The zero-order valence-corrected chi connectivity index (χ0v) is 10.8. The highest BCUT2D eigenvalue weighted by Gasteiger charge is 2.51. The largest absolute Gasteiger partial charge is 0.325 e. The first-order valence-corrected chi connectivity index (χ1v) is 6.73. The second kappa shape index (κ2) is 4.67. The lowest BCUT2D eigenvalue weighted by Gasteiger charge is -2.33. The lowest BCUT2D eigenvalue weighted by molar-refractivity contribution is -0.132. The number of hydrogen-bond donors (Lipinski definition) is 1. The quantitative estimate of drug-likeness (QED) is 0.767. The van der Waals surface area contributed by atoms with Gasteiger partial charge < -0.3 is 5.32 Å². The van der Waals surface area contributed by atoms with Gasteiger partial charge in [0.25, 0.3) is 5.91 Å². The molecule has 1 N–H and O–H groups in total. The average molecular weight is 238 g/mol. The van der Waals surface area contributed by atoms with Crippen molar-refractivity contribution in [2.45, 2.75) is 57.9 Å². The summed E-state index contributed by atoms with van der Waals surface area (Å²) in [6.45, 7) is 4.85. The molecule has 17 heavy (non-hydrogen) atoms. The van der Waals surface area contributed by atoms with Gasteiger partial charge in [-0.2, -0.15) is 0 Å². The summed E-state index contributed by atoms with van der Waals surface area (Å²) >= 11 is 0. The Hall–Kier alpha value is -1.06. The van der Waals surface area contributed by atoms with E-state index in [1.165, 1.54) is 4.90 Å². The summed E-state index contributed by atoms with van der Waals surface area (Å²) in [4.78, 5) is 25.6. The maximum Gasteiger partial charge on any atom is 0.325 e. The lowest BCUT2D eigenvalue weighted by atomic mass is 9.77. The number of imide groups is 1. The molecule has 2 fully saturated rings. The van der Waals surface area contributed by atoms with Crippen LogP contribution in [0.4, 0.5) is 4.79 Å². The molecule has 1 spiro atoms. The van der Waals surface area contributed by atoms with Crippen molar-refractivity contribution in [1.29, 1.82) is 0 Å². The van der Waals surface area contributed by atoms with Crippen LogP contribution >= 0.6 is 0 Å². The predicted molar refractivity (Wildman–Crippen MR) is 65.5 cm³/mol. The highest BCUT2D eigenvalue weighted by molar-refractivity contribution is 6.07. The van der Waals surface area contributed by atoms with Crippen molar-refractivity contribution in [3.8, 4) is 0 Å². The van der Waals surface area contributed by atoms with Gasteiger partial charge in [0, 0.05) is 6.54 Å². The van der Waals surface area contributed by atoms with Crippen LogP contribution in [-0.4, -0.2) is 28.9 Å². The minimum absolute atomic E-state index is 0.0165. The van der Waals surface area contributed by atoms with Crippen LogP contribution in [0.25, 0.3) is 0 Å². The van der Waals surface area contributed by atoms with Gasteiger partial charge in [-0.05, 0) is 38.0 Å². The topological polar surface area (TPSA) is 49.4 Å². The molecule has 1 aliphatic carbocycles. The van der Waals surface area contributed by atoms with Crippen LogP contribution in [0.3, 0.4) is 0 Å². The molecule has 3 amide bonds. The SMILES string of the molecule is CCCCN1C(=O)NC2(CCC(C)CC2)C1=O. The minimum atomic E-state index is -0.558. The standard InChI is InChI=1S/C13H22N2O2/c1-3-4-9-15-11(16)13(14-12(15)17)7-5-10(2)6-8-13/h10H,3-9H2,1-2H3,(H,14,17). The van der Waals surface area contributed by atoms with E-state index in [-0.39, 0.29) is 11.9 Å². The number of nitrogens with one attached hydrogen (secondary N) is 1. The molecule has 0 unspecified atom stereocenters. The fourth-order valence-electron chi connectivity index (χ4n) is 2.79. The molecule has 0 aromatic rings. The Balaban J connectivity index is 2.06. The molecule has 4 nitrogen and oxygen atoms in total. The van der Waals surface area contributed by atoms with E-state index in [9.17, 15) is 9.59 Å². The molecule has 1 aliphatic heterocycles. The number of hydrogen-bond acceptors (Lipinski definition) is 2. The van der Waals surface area contributed by atoms with Crippen molar-refractivity contribution in [2.75, 3.05) is 6.54 Å². The second-order valence-electron chi connectivity index (χ2n) is 5.51. The predicted octanol–water partition coefficient (Wildman–Crippen LogP) is 2.29. The summed E-state index contributed by atoms with van der Waals surface area (Å²) < 4.78 is 0. The van der Waals surface area contributed by atoms with E-state index < -0.39 is 5.54 Å². The first-order chi connectivity index (χ1) is 8.09. The first-order valence-electron chi connectivity index (χ1n) is 6.73.